The van der Waals surface area contributed by atoms with E-state index in [4.69, 9.17) is 5.11 Å². The van der Waals surface area contributed by atoms with E-state index in [9.17, 15) is 9.59 Å². The molecule has 0 bridgehead atoms. The monoisotopic (exact) mass is 287 g/mol. The maximum atomic E-state index is 12.2. The Balaban J connectivity index is 2.06. The number of rotatable bonds is 6. The van der Waals surface area contributed by atoms with Crippen LogP contribution in [0.4, 0.5) is 0 Å². The molecule has 1 atom stereocenters. The van der Waals surface area contributed by atoms with Crippen molar-refractivity contribution in [3.05, 3.63) is 53.9 Å². The van der Waals surface area contributed by atoms with E-state index in [2.05, 4.69) is 10.4 Å². The van der Waals surface area contributed by atoms with Crippen LogP contribution in [-0.4, -0.2) is 26.8 Å². The summed E-state index contributed by atoms with van der Waals surface area (Å²) in [6.45, 7) is 1.73. The first kappa shape index (κ1) is 14.8. The van der Waals surface area contributed by atoms with Crippen molar-refractivity contribution < 1.29 is 14.7 Å². The molecule has 21 heavy (non-hydrogen) atoms. The van der Waals surface area contributed by atoms with E-state index in [0.717, 1.165) is 12.0 Å². The van der Waals surface area contributed by atoms with Crippen molar-refractivity contribution in [1.82, 2.24) is 15.1 Å². The van der Waals surface area contributed by atoms with Crippen molar-refractivity contribution in [1.29, 1.82) is 0 Å². The Morgan fingerprint density at radius 1 is 1.29 bits per heavy atom. The molecule has 0 spiro atoms. The molecule has 0 saturated heterocycles. The molecule has 0 aliphatic rings. The Labute approximate surface area is 122 Å². The molecule has 1 heterocycles. The lowest BCUT2D eigenvalue weighted by atomic mass is 10.0. The predicted octanol–water partition coefficient (Wildman–Crippen LogP) is 1.85. The average molecular weight is 287 g/mol. The number of aliphatic carboxylic acids is 1. The van der Waals surface area contributed by atoms with Gasteiger partial charge in [-0.1, -0.05) is 37.3 Å². The highest BCUT2D eigenvalue weighted by Gasteiger charge is 2.16. The van der Waals surface area contributed by atoms with Crippen molar-refractivity contribution in [3.8, 4) is 0 Å². The zero-order valence-corrected chi connectivity index (χ0v) is 11.7. The smallest absolute Gasteiger partial charge is 0.325 e. The Hall–Kier alpha value is -2.63. The van der Waals surface area contributed by atoms with Crippen LogP contribution in [-0.2, 0) is 11.3 Å². The fourth-order valence-corrected chi connectivity index (χ4v) is 2.05. The summed E-state index contributed by atoms with van der Waals surface area (Å²) in [6, 6.07) is 11.1. The molecule has 2 aromatic rings. The van der Waals surface area contributed by atoms with Crippen LogP contribution < -0.4 is 5.32 Å². The van der Waals surface area contributed by atoms with Gasteiger partial charge in [-0.15, -0.1) is 0 Å². The summed E-state index contributed by atoms with van der Waals surface area (Å²) in [4.78, 5) is 22.7. The molecule has 2 N–H and O–H groups in total. The predicted molar refractivity (Wildman–Crippen MR) is 76.8 cm³/mol. The molecule has 0 aliphatic carbocycles. The Kier molecular flexibility index (Phi) is 4.71. The first-order valence-electron chi connectivity index (χ1n) is 6.71. The topological polar surface area (TPSA) is 84.2 Å². The highest BCUT2D eigenvalue weighted by Crippen LogP contribution is 2.16. The molecule has 0 fully saturated rings. The number of carboxylic acids is 1. The summed E-state index contributed by atoms with van der Waals surface area (Å²) >= 11 is 0. The molecular formula is C15H17N3O3. The van der Waals surface area contributed by atoms with Gasteiger partial charge in [0.15, 0.2) is 0 Å². The van der Waals surface area contributed by atoms with Gasteiger partial charge in [0.1, 0.15) is 12.2 Å². The molecule has 1 unspecified atom stereocenters. The van der Waals surface area contributed by atoms with Crippen LogP contribution in [0.5, 0.6) is 0 Å². The number of carbonyl (C=O) groups excluding carboxylic acids is 1. The van der Waals surface area contributed by atoms with Crippen LogP contribution in [0.1, 0.15) is 35.4 Å². The summed E-state index contributed by atoms with van der Waals surface area (Å²) < 4.78 is 1.22. The second-order valence-corrected chi connectivity index (χ2v) is 4.64. The number of hydrogen-bond donors (Lipinski definition) is 2. The van der Waals surface area contributed by atoms with Gasteiger partial charge in [0.2, 0.25) is 0 Å². The lowest BCUT2D eigenvalue weighted by molar-refractivity contribution is -0.137. The number of carboxylic acid groups (broad SMARTS) is 1. The average Bonchev–Trinajstić information content (AvgIpc) is 2.93. The van der Waals surface area contributed by atoms with Gasteiger partial charge in [-0.05, 0) is 18.1 Å². The van der Waals surface area contributed by atoms with Crippen molar-refractivity contribution in [2.75, 3.05) is 0 Å². The molecule has 6 heteroatoms. The van der Waals surface area contributed by atoms with Gasteiger partial charge in [-0.25, -0.2) is 0 Å². The minimum atomic E-state index is -0.999. The van der Waals surface area contributed by atoms with E-state index >= 15 is 0 Å². The van der Waals surface area contributed by atoms with Crippen LogP contribution in [0.25, 0.3) is 0 Å². The summed E-state index contributed by atoms with van der Waals surface area (Å²) in [7, 11) is 0. The maximum absolute atomic E-state index is 12.2. The summed E-state index contributed by atoms with van der Waals surface area (Å²) in [5.41, 5.74) is 1.24. The molecule has 0 radical (unpaired) electrons. The number of aromatic nitrogens is 2. The normalized spacial score (nSPS) is 11.9. The van der Waals surface area contributed by atoms with Crippen LogP contribution in [0.15, 0.2) is 42.6 Å². The number of amides is 1. The molecule has 110 valence electrons. The SMILES string of the molecule is CCC(NC(=O)c1ccn(CC(=O)O)n1)c1ccccc1. The number of carbonyl (C=O) groups is 2. The molecule has 1 amide bonds. The Bertz CT molecular complexity index is 622. The molecule has 2 rings (SSSR count). The summed E-state index contributed by atoms with van der Waals surface area (Å²) in [6.07, 6.45) is 2.23. The molecule has 0 aliphatic heterocycles. The molecule has 6 nitrogen and oxygen atoms in total. The minimum Gasteiger partial charge on any atom is -0.480 e. The van der Waals surface area contributed by atoms with E-state index < -0.39 is 5.97 Å². The van der Waals surface area contributed by atoms with Crippen LogP contribution in [0.3, 0.4) is 0 Å². The van der Waals surface area contributed by atoms with Gasteiger partial charge in [0.05, 0.1) is 6.04 Å². The zero-order valence-electron chi connectivity index (χ0n) is 11.7. The minimum absolute atomic E-state index is 0.0941. The molecule has 1 aromatic heterocycles. The van der Waals surface area contributed by atoms with Crippen LogP contribution in [0.2, 0.25) is 0 Å². The van der Waals surface area contributed by atoms with Gasteiger partial charge in [0, 0.05) is 6.20 Å². The third kappa shape index (κ3) is 3.92. The Morgan fingerprint density at radius 3 is 2.62 bits per heavy atom. The number of nitrogens with zero attached hydrogens (tertiary/aromatic N) is 2. The second-order valence-electron chi connectivity index (χ2n) is 4.64. The van der Waals surface area contributed by atoms with Crippen LogP contribution in [0, 0.1) is 0 Å². The van der Waals surface area contributed by atoms with Gasteiger partial charge in [-0.2, -0.15) is 5.10 Å². The van der Waals surface area contributed by atoms with E-state index in [1.807, 2.05) is 37.3 Å². The number of benzene rings is 1. The Morgan fingerprint density at radius 2 is 2.00 bits per heavy atom. The maximum Gasteiger partial charge on any atom is 0.325 e. The number of hydrogen-bond acceptors (Lipinski definition) is 3. The third-order valence-corrected chi connectivity index (χ3v) is 3.09. The van der Waals surface area contributed by atoms with E-state index in [1.54, 1.807) is 0 Å². The van der Waals surface area contributed by atoms with Gasteiger partial charge < -0.3 is 10.4 Å². The number of nitrogens with one attached hydrogen (secondary N) is 1. The van der Waals surface area contributed by atoms with Gasteiger partial charge in [0.25, 0.3) is 5.91 Å². The van der Waals surface area contributed by atoms with Crippen molar-refractivity contribution in [3.63, 3.8) is 0 Å². The second kappa shape index (κ2) is 6.69. The fraction of sp³-hybridized carbons (Fsp3) is 0.267. The largest absolute Gasteiger partial charge is 0.480 e. The first-order chi connectivity index (χ1) is 10.1. The summed E-state index contributed by atoms with van der Waals surface area (Å²) in [5.74, 6) is -1.31. The van der Waals surface area contributed by atoms with Crippen molar-refractivity contribution in [2.45, 2.75) is 25.9 Å². The van der Waals surface area contributed by atoms with Crippen LogP contribution >= 0.6 is 0 Å². The zero-order chi connectivity index (χ0) is 15.2. The van der Waals surface area contributed by atoms with Gasteiger partial charge in [-0.3, -0.25) is 14.3 Å². The molecule has 1 aromatic carbocycles. The lowest BCUT2D eigenvalue weighted by Crippen LogP contribution is -2.28. The quantitative estimate of drug-likeness (QED) is 0.849. The highest BCUT2D eigenvalue weighted by molar-refractivity contribution is 5.92. The molecular weight excluding hydrogens is 270 g/mol. The first-order valence-corrected chi connectivity index (χ1v) is 6.71. The lowest BCUT2D eigenvalue weighted by Gasteiger charge is -2.16. The standard InChI is InChI=1S/C15H17N3O3/c1-2-12(11-6-4-3-5-7-11)16-15(21)13-8-9-18(17-13)10-14(19)20/h3-9,12H,2,10H2,1H3,(H,16,21)(H,19,20). The van der Waals surface area contributed by atoms with E-state index in [0.29, 0.717) is 0 Å². The van der Waals surface area contributed by atoms with Gasteiger partial charge >= 0.3 is 5.97 Å². The van der Waals surface area contributed by atoms with Crippen molar-refractivity contribution in [2.24, 2.45) is 0 Å². The molecule has 0 saturated carbocycles. The summed E-state index contributed by atoms with van der Waals surface area (Å²) in [5, 5.41) is 15.5. The van der Waals surface area contributed by atoms with E-state index in [1.165, 1.54) is 16.9 Å². The van der Waals surface area contributed by atoms with E-state index in [-0.39, 0.29) is 24.2 Å². The highest BCUT2D eigenvalue weighted by atomic mass is 16.4. The van der Waals surface area contributed by atoms with Crippen molar-refractivity contribution >= 4 is 11.9 Å². The third-order valence-electron chi connectivity index (χ3n) is 3.09. The fourth-order valence-electron chi connectivity index (χ4n) is 2.05.